The third kappa shape index (κ3) is 5.47. The molecular weight excluding hydrogens is 488 g/mol. The van der Waals surface area contributed by atoms with E-state index < -0.39 is 47.9 Å². The molecule has 2 saturated heterocycles. The van der Waals surface area contributed by atoms with Crippen molar-refractivity contribution >= 4 is 52.6 Å². The Kier molecular flexibility index (Phi) is 7.22. The average molecular weight is 513 g/mol. The zero-order chi connectivity index (χ0) is 26.0. The van der Waals surface area contributed by atoms with Crippen LogP contribution < -0.4 is 27.0 Å². The number of carbonyl (C=O) groups is 5. The van der Waals surface area contributed by atoms with Gasteiger partial charge >= 0.3 is 6.03 Å². The van der Waals surface area contributed by atoms with Gasteiger partial charge < -0.3 is 21.7 Å². The second-order valence-electron chi connectivity index (χ2n) is 8.64. The molecule has 6 N–H and O–H groups in total. The summed E-state index contributed by atoms with van der Waals surface area (Å²) >= 11 is 6.09. The Morgan fingerprint density at radius 1 is 1.14 bits per heavy atom. The molecule has 3 atom stereocenters. The molecule has 4 rings (SSSR count). The molecule has 2 aliphatic heterocycles. The Morgan fingerprint density at radius 2 is 1.92 bits per heavy atom. The lowest BCUT2D eigenvalue weighted by molar-refractivity contribution is -0.150. The number of hydrogen-bond donors (Lipinski definition) is 5. The van der Waals surface area contributed by atoms with Gasteiger partial charge in [-0.2, -0.15) is 0 Å². The van der Waals surface area contributed by atoms with Crippen molar-refractivity contribution in [3.8, 4) is 0 Å². The number of carbonyl (C=O) groups excluding carboxylic acids is 5. The zero-order valence-corrected chi connectivity index (χ0v) is 20.1. The molecule has 12 heteroatoms. The monoisotopic (exact) mass is 512 g/mol. The lowest BCUT2D eigenvalue weighted by atomic mass is 10.0. The second kappa shape index (κ2) is 10.3. The minimum Gasteiger partial charge on any atom is -0.373 e. The highest BCUT2D eigenvalue weighted by atomic mass is 35.5. The fourth-order valence-corrected chi connectivity index (χ4v) is 4.29. The van der Waals surface area contributed by atoms with E-state index >= 15 is 0 Å². The number of aryl methyl sites for hydroxylation is 1. The number of nitrogens with one attached hydrogen (secondary N) is 4. The Morgan fingerprint density at radius 3 is 2.64 bits per heavy atom. The van der Waals surface area contributed by atoms with Crippen LogP contribution in [0.5, 0.6) is 0 Å². The molecule has 2 aromatic rings. The highest BCUT2D eigenvalue weighted by Crippen LogP contribution is 2.25. The second-order valence-corrected chi connectivity index (χ2v) is 9.04. The largest absolute Gasteiger partial charge is 0.373 e. The highest BCUT2D eigenvalue weighted by Gasteiger charge is 2.46. The van der Waals surface area contributed by atoms with Crippen LogP contribution in [-0.4, -0.2) is 46.6 Å². The molecule has 188 valence electrons. The van der Waals surface area contributed by atoms with E-state index in [1.807, 2.05) is 6.92 Å². The van der Waals surface area contributed by atoms with Crippen LogP contribution in [0.25, 0.3) is 0 Å². The molecule has 0 aliphatic carbocycles. The number of hydrogen-bond acceptors (Lipinski definition) is 7. The lowest BCUT2D eigenvalue weighted by Crippen LogP contribution is -2.54. The molecule has 0 radical (unpaired) electrons. The molecule has 2 heterocycles. The molecule has 11 nitrogen and oxygen atoms in total. The number of imide groups is 2. The molecule has 0 saturated carbocycles. The van der Waals surface area contributed by atoms with Crippen LogP contribution in [0.2, 0.25) is 5.02 Å². The SMILES string of the molecule is Cc1ccc(NC(=O)N[C@@H](N)c2cccc(NC3CC(=O)N(C4CCC(=O)NC4=O)C3=O)c2)cc1Cl. The number of rotatable bonds is 6. The number of anilines is 2. The number of piperidine rings is 1. The smallest absolute Gasteiger partial charge is 0.320 e. The van der Waals surface area contributed by atoms with Crippen LogP contribution in [0.4, 0.5) is 16.2 Å². The number of nitrogens with two attached hydrogens (primary N) is 1. The first kappa shape index (κ1) is 25.1. The maximum absolute atomic E-state index is 12.9. The predicted molar refractivity (Wildman–Crippen MR) is 132 cm³/mol. The molecule has 6 amide bonds. The topological polar surface area (TPSA) is 163 Å². The minimum absolute atomic E-state index is 0.0586. The van der Waals surface area contributed by atoms with Gasteiger partial charge in [0.25, 0.3) is 5.91 Å². The van der Waals surface area contributed by atoms with Gasteiger partial charge in [0.15, 0.2) is 0 Å². The summed E-state index contributed by atoms with van der Waals surface area (Å²) in [7, 11) is 0. The molecule has 0 bridgehead atoms. The third-order valence-corrected chi connectivity index (χ3v) is 6.41. The van der Waals surface area contributed by atoms with E-state index in [1.54, 1.807) is 42.5 Å². The first-order valence-corrected chi connectivity index (χ1v) is 11.7. The van der Waals surface area contributed by atoms with E-state index in [4.69, 9.17) is 17.3 Å². The van der Waals surface area contributed by atoms with Crippen LogP contribution >= 0.6 is 11.6 Å². The number of likely N-dealkylation sites (tertiary alicyclic amines) is 1. The fourth-order valence-electron chi connectivity index (χ4n) is 4.11. The number of benzene rings is 2. The molecular formula is C24H25ClN6O5. The Labute approximate surface area is 211 Å². The van der Waals surface area contributed by atoms with Crippen LogP contribution in [0, 0.1) is 6.92 Å². The summed E-state index contributed by atoms with van der Waals surface area (Å²) < 4.78 is 0. The predicted octanol–water partition coefficient (Wildman–Crippen LogP) is 1.77. The zero-order valence-electron chi connectivity index (χ0n) is 19.3. The number of nitrogens with zero attached hydrogens (tertiary/aromatic N) is 1. The van der Waals surface area contributed by atoms with Crippen molar-refractivity contribution in [1.29, 1.82) is 0 Å². The van der Waals surface area contributed by atoms with Gasteiger partial charge in [-0.25, -0.2) is 4.79 Å². The minimum atomic E-state index is -1.000. The summed E-state index contributed by atoms with van der Waals surface area (Å²) in [5, 5.41) is 11.0. The first-order chi connectivity index (χ1) is 17.1. The Bertz CT molecular complexity index is 1250. The van der Waals surface area contributed by atoms with Gasteiger partial charge in [0.2, 0.25) is 17.7 Å². The van der Waals surface area contributed by atoms with E-state index in [1.165, 1.54) is 0 Å². The van der Waals surface area contributed by atoms with E-state index in [9.17, 15) is 24.0 Å². The van der Waals surface area contributed by atoms with Crippen molar-refractivity contribution in [1.82, 2.24) is 15.5 Å². The van der Waals surface area contributed by atoms with Crippen LogP contribution in [0.3, 0.4) is 0 Å². The van der Waals surface area contributed by atoms with E-state index in [2.05, 4.69) is 21.3 Å². The molecule has 2 unspecified atom stereocenters. The van der Waals surface area contributed by atoms with Crippen LogP contribution in [0.15, 0.2) is 42.5 Å². The van der Waals surface area contributed by atoms with Crippen molar-refractivity contribution in [2.24, 2.45) is 5.73 Å². The number of urea groups is 1. The van der Waals surface area contributed by atoms with Gasteiger partial charge in [-0.1, -0.05) is 29.8 Å². The molecule has 36 heavy (non-hydrogen) atoms. The third-order valence-electron chi connectivity index (χ3n) is 6.01. The molecule has 2 aromatic carbocycles. The van der Waals surface area contributed by atoms with Gasteiger partial charge in [-0.15, -0.1) is 0 Å². The van der Waals surface area contributed by atoms with E-state index in [0.29, 0.717) is 22.0 Å². The summed E-state index contributed by atoms with van der Waals surface area (Å²) in [4.78, 5) is 62.3. The summed E-state index contributed by atoms with van der Waals surface area (Å²) in [6, 6.07) is 9.46. The quantitative estimate of drug-likeness (QED) is 0.291. The molecule has 2 fully saturated rings. The average Bonchev–Trinajstić information content (AvgIpc) is 3.09. The van der Waals surface area contributed by atoms with Gasteiger partial charge in [0, 0.05) is 22.8 Å². The fraction of sp³-hybridized carbons (Fsp3) is 0.292. The van der Waals surface area contributed by atoms with Crippen molar-refractivity contribution in [3.05, 3.63) is 58.6 Å². The van der Waals surface area contributed by atoms with Crippen LogP contribution in [0.1, 0.15) is 36.6 Å². The normalized spacial score (nSPS) is 20.7. The maximum atomic E-state index is 12.9. The van der Waals surface area contributed by atoms with E-state index in [-0.39, 0.29) is 19.3 Å². The van der Waals surface area contributed by atoms with Crippen molar-refractivity contribution in [3.63, 3.8) is 0 Å². The Hall–Kier alpha value is -3.96. The van der Waals surface area contributed by atoms with Crippen molar-refractivity contribution in [2.75, 3.05) is 10.6 Å². The lowest BCUT2D eigenvalue weighted by Gasteiger charge is -2.28. The number of amides is 6. The van der Waals surface area contributed by atoms with Crippen LogP contribution in [-0.2, 0) is 19.2 Å². The van der Waals surface area contributed by atoms with E-state index in [0.717, 1.165) is 10.5 Å². The standard InChI is InChI=1S/C24H25ClN6O5/c1-12-5-6-15(10-16(12)25)28-24(36)30-21(26)13-3-2-4-14(9-13)27-17-11-20(33)31(23(17)35)18-7-8-19(32)29-22(18)34/h2-6,9-10,17-18,21,27H,7-8,11,26H2,1H3,(H2,28,30,36)(H,29,32,34)/t17?,18?,21-/m1/s1. The van der Waals surface area contributed by atoms with Crippen molar-refractivity contribution < 1.29 is 24.0 Å². The summed E-state index contributed by atoms with van der Waals surface area (Å²) in [6.07, 6.45) is -0.842. The highest BCUT2D eigenvalue weighted by molar-refractivity contribution is 6.31. The first-order valence-electron chi connectivity index (χ1n) is 11.3. The van der Waals surface area contributed by atoms with Gasteiger partial charge in [0.1, 0.15) is 18.2 Å². The van der Waals surface area contributed by atoms with Gasteiger partial charge in [-0.05, 0) is 48.7 Å². The maximum Gasteiger partial charge on any atom is 0.320 e. The summed E-state index contributed by atoms with van der Waals surface area (Å²) in [5.74, 6) is -2.12. The Balaban J connectivity index is 1.38. The van der Waals surface area contributed by atoms with Gasteiger partial charge in [-0.3, -0.25) is 29.4 Å². The number of halogens is 1. The summed E-state index contributed by atoms with van der Waals surface area (Å²) in [6.45, 7) is 1.85. The molecule has 2 aliphatic rings. The van der Waals surface area contributed by atoms with Gasteiger partial charge in [0.05, 0.1) is 6.42 Å². The molecule has 0 aromatic heterocycles. The van der Waals surface area contributed by atoms with Crippen molar-refractivity contribution in [2.45, 2.75) is 44.4 Å². The molecule has 0 spiro atoms. The summed E-state index contributed by atoms with van der Waals surface area (Å²) in [5.41, 5.74) is 8.60.